The zero-order valence-electron chi connectivity index (χ0n) is 15.6. The number of fused-ring (bicyclic) bond motifs is 1. The van der Waals surface area contributed by atoms with Crippen LogP contribution in [0.25, 0.3) is 11.4 Å². The van der Waals surface area contributed by atoms with Gasteiger partial charge in [-0.1, -0.05) is 53.7 Å². The number of hydrogen-bond donors (Lipinski definition) is 0. The Balaban J connectivity index is 1.50. The molecule has 0 bridgehead atoms. The van der Waals surface area contributed by atoms with Crippen LogP contribution in [0.2, 0.25) is 0 Å². The van der Waals surface area contributed by atoms with Crippen LogP contribution in [0, 0.1) is 6.92 Å². The first-order chi connectivity index (χ1) is 13.2. The van der Waals surface area contributed by atoms with Gasteiger partial charge in [-0.05, 0) is 38.0 Å². The van der Waals surface area contributed by atoms with Gasteiger partial charge in [0.15, 0.2) is 11.0 Å². The summed E-state index contributed by atoms with van der Waals surface area (Å²) in [6.45, 7) is 5.66. The molecule has 0 N–H and O–H groups in total. The molecule has 0 aliphatic carbocycles. The molecule has 2 aromatic carbocycles. The lowest BCUT2D eigenvalue weighted by atomic mass is 10.1. The Morgan fingerprint density at radius 3 is 2.81 bits per heavy atom. The zero-order valence-corrected chi connectivity index (χ0v) is 16.4. The number of carbonyl (C=O) groups excluding carboxylic acids is 1. The van der Waals surface area contributed by atoms with Crippen LogP contribution in [0.5, 0.6) is 0 Å². The molecule has 0 saturated heterocycles. The highest BCUT2D eigenvalue weighted by atomic mass is 32.2. The maximum absolute atomic E-state index is 12.8. The van der Waals surface area contributed by atoms with Crippen LogP contribution in [-0.2, 0) is 17.8 Å². The summed E-state index contributed by atoms with van der Waals surface area (Å²) < 4.78 is 2.07. The Labute approximate surface area is 163 Å². The fourth-order valence-electron chi connectivity index (χ4n) is 3.48. The third-order valence-electron chi connectivity index (χ3n) is 4.82. The van der Waals surface area contributed by atoms with Gasteiger partial charge < -0.3 is 9.47 Å². The number of benzene rings is 2. The highest BCUT2D eigenvalue weighted by molar-refractivity contribution is 7.99. The SMILES string of the molecule is CCn1c(SCC(=O)N2CCc3ccccc32)nnc1-c1cccc(C)c1. The van der Waals surface area contributed by atoms with Gasteiger partial charge in [0, 0.05) is 24.3 Å². The summed E-state index contributed by atoms with van der Waals surface area (Å²) in [5.41, 5.74) is 4.53. The van der Waals surface area contributed by atoms with E-state index in [4.69, 9.17) is 0 Å². The summed E-state index contributed by atoms with van der Waals surface area (Å²) in [5.74, 6) is 1.33. The van der Waals surface area contributed by atoms with Gasteiger partial charge in [-0.15, -0.1) is 10.2 Å². The number of aromatic nitrogens is 3. The predicted molar refractivity (Wildman–Crippen MR) is 109 cm³/mol. The van der Waals surface area contributed by atoms with Crippen LogP contribution in [0.15, 0.2) is 53.7 Å². The van der Waals surface area contributed by atoms with Crippen LogP contribution in [0.4, 0.5) is 5.69 Å². The summed E-state index contributed by atoms with van der Waals surface area (Å²) in [6, 6.07) is 16.4. The maximum Gasteiger partial charge on any atom is 0.237 e. The fourth-order valence-corrected chi connectivity index (χ4v) is 4.36. The Morgan fingerprint density at radius 1 is 1.15 bits per heavy atom. The van der Waals surface area contributed by atoms with E-state index in [0.717, 1.165) is 41.7 Å². The van der Waals surface area contributed by atoms with E-state index in [0.29, 0.717) is 5.75 Å². The molecule has 0 unspecified atom stereocenters. The van der Waals surface area contributed by atoms with Crippen molar-refractivity contribution < 1.29 is 4.79 Å². The monoisotopic (exact) mass is 378 g/mol. The number of aryl methyl sites for hydroxylation is 1. The van der Waals surface area contributed by atoms with E-state index in [2.05, 4.69) is 46.8 Å². The Morgan fingerprint density at radius 2 is 2.00 bits per heavy atom. The van der Waals surface area contributed by atoms with Gasteiger partial charge in [-0.2, -0.15) is 0 Å². The van der Waals surface area contributed by atoms with Gasteiger partial charge in [-0.3, -0.25) is 4.79 Å². The molecule has 0 spiro atoms. The lowest BCUT2D eigenvalue weighted by molar-refractivity contribution is -0.116. The van der Waals surface area contributed by atoms with Crippen molar-refractivity contribution in [2.75, 3.05) is 17.2 Å². The molecule has 27 heavy (non-hydrogen) atoms. The van der Waals surface area contributed by atoms with Crippen LogP contribution in [0.1, 0.15) is 18.1 Å². The van der Waals surface area contributed by atoms with Gasteiger partial charge in [0.25, 0.3) is 0 Å². The summed E-state index contributed by atoms with van der Waals surface area (Å²) in [4.78, 5) is 14.6. The number of thioether (sulfide) groups is 1. The number of rotatable bonds is 5. The second kappa shape index (κ2) is 7.56. The maximum atomic E-state index is 12.8. The lowest BCUT2D eigenvalue weighted by Gasteiger charge is -2.17. The number of hydrogen-bond acceptors (Lipinski definition) is 4. The molecule has 3 aromatic rings. The molecule has 138 valence electrons. The highest BCUT2D eigenvalue weighted by Gasteiger charge is 2.24. The van der Waals surface area contributed by atoms with E-state index in [9.17, 15) is 4.79 Å². The minimum Gasteiger partial charge on any atom is -0.311 e. The number of amides is 1. The van der Waals surface area contributed by atoms with E-state index < -0.39 is 0 Å². The van der Waals surface area contributed by atoms with Crippen LogP contribution < -0.4 is 4.90 Å². The van der Waals surface area contributed by atoms with Gasteiger partial charge >= 0.3 is 0 Å². The van der Waals surface area contributed by atoms with Gasteiger partial charge in [0.2, 0.25) is 5.91 Å². The van der Waals surface area contributed by atoms with Gasteiger partial charge in [0.1, 0.15) is 0 Å². The van der Waals surface area contributed by atoms with Crippen LogP contribution in [0.3, 0.4) is 0 Å². The molecule has 4 rings (SSSR count). The molecule has 6 heteroatoms. The van der Waals surface area contributed by atoms with E-state index >= 15 is 0 Å². The average molecular weight is 379 g/mol. The third kappa shape index (κ3) is 3.49. The largest absolute Gasteiger partial charge is 0.311 e. The molecule has 1 amide bonds. The Hall–Kier alpha value is -2.60. The Kier molecular flexibility index (Phi) is 4.99. The molecule has 0 fully saturated rings. The van der Waals surface area contributed by atoms with E-state index in [-0.39, 0.29) is 5.91 Å². The molecular weight excluding hydrogens is 356 g/mol. The molecule has 5 nitrogen and oxygen atoms in total. The minimum absolute atomic E-state index is 0.118. The number of anilines is 1. The second-order valence-corrected chi connectivity index (χ2v) is 7.58. The van der Waals surface area contributed by atoms with E-state index in [1.807, 2.05) is 35.2 Å². The van der Waals surface area contributed by atoms with Crippen molar-refractivity contribution in [1.29, 1.82) is 0 Å². The lowest BCUT2D eigenvalue weighted by Crippen LogP contribution is -2.30. The van der Waals surface area contributed by atoms with Crippen molar-refractivity contribution in [3.8, 4) is 11.4 Å². The van der Waals surface area contributed by atoms with E-state index in [1.165, 1.54) is 22.9 Å². The standard InChI is InChI=1S/C21H22N4OS/c1-3-24-20(17-9-6-7-15(2)13-17)22-23-21(24)27-14-19(26)25-12-11-16-8-4-5-10-18(16)25/h4-10,13H,3,11-12,14H2,1-2H3. The third-order valence-corrected chi connectivity index (χ3v) is 5.77. The zero-order chi connectivity index (χ0) is 18.8. The summed E-state index contributed by atoms with van der Waals surface area (Å²) in [7, 11) is 0. The van der Waals surface area contributed by atoms with Crippen molar-refractivity contribution in [3.63, 3.8) is 0 Å². The molecule has 1 aliphatic heterocycles. The van der Waals surface area contributed by atoms with Gasteiger partial charge in [-0.25, -0.2) is 0 Å². The van der Waals surface area contributed by atoms with Crippen molar-refractivity contribution in [2.45, 2.75) is 32.0 Å². The molecule has 0 saturated carbocycles. The van der Waals surface area contributed by atoms with Crippen LogP contribution >= 0.6 is 11.8 Å². The first-order valence-corrected chi connectivity index (χ1v) is 10.2. The highest BCUT2D eigenvalue weighted by Crippen LogP contribution is 2.29. The van der Waals surface area contributed by atoms with Crippen molar-refractivity contribution >= 4 is 23.4 Å². The molecular formula is C21H22N4OS. The first-order valence-electron chi connectivity index (χ1n) is 9.18. The fraction of sp³-hybridized carbons (Fsp3) is 0.286. The van der Waals surface area contributed by atoms with Crippen LogP contribution in [-0.4, -0.2) is 33.0 Å². The molecule has 0 atom stereocenters. The molecule has 2 heterocycles. The molecule has 1 aromatic heterocycles. The minimum atomic E-state index is 0.118. The normalized spacial score (nSPS) is 13.0. The average Bonchev–Trinajstić information content (AvgIpc) is 3.30. The number of nitrogens with zero attached hydrogens (tertiary/aromatic N) is 4. The summed E-state index contributed by atoms with van der Waals surface area (Å²) in [5, 5.41) is 9.50. The molecule has 1 aliphatic rings. The number of para-hydroxylation sites is 1. The van der Waals surface area contributed by atoms with Crippen molar-refractivity contribution in [3.05, 3.63) is 59.7 Å². The number of carbonyl (C=O) groups is 1. The second-order valence-electron chi connectivity index (χ2n) is 6.63. The van der Waals surface area contributed by atoms with Crippen molar-refractivity contribution in [2.24, 2.45) is 0 Å². The smallest absolute Gasteiger partial charge is 0.237 e. The topological polar surface area (TPSA) is 51.0 Å². The summed E-state index contributed by atoms with van der Waals surface area (Å²) >= 11 is 1.46. The summed E-state index contributed by atoms with van der Waals surface area (Å²) in [6.07, 6.45) is 0.926. The molecule has 0 radical (unpaired) electrons. The van der Waals surface area contributed by atoms with Crippen molar-refractivity contribution in [1.82, 2.24) is 14.8 Å². The Bertz CT molecular complexity index is 982. The predicted octanol–water partition coefficient (Wildman–Crippen LogP) is 3.95. The van der Waals surface area contributed by atoms with Gasteiger partial charge in [0.05, 0.1) is 5.75 Å². The quantitative estimate of drug-likeness (QED) is 0.631. The van der Waals surface area contributed by atoms with E-state index in [1.54, 1.807) is 0 Å². The first kappa shape index (κ1) is 17.8.